The minimum atomic E-state index is -1.29. The van der Waals surface area contributed by atoms with Gasteiger partial charge >= 0.3 is 0 Å². The minimum Gasteiger partial charge on any atom is -0.497 e. The maximum absolute atomic E-state index is 12.2. The fourth-order valence-corrected chi connectivity index (χ4v) is 2.23. The Balaban J connectivity index is 1.83. The zero-order valence-corrected chi connectivity index (χ0v) is 11.9. The van der Waals surface area contributed by atoms with Gasteiger partial charge in [-0.3, -0.25) is 4.79 Å². The van der Waals surface area contributed by atoms with Gasteiger partial charge in [-0.15, -0.1) is 0 Å². The normalized spacial score (nSPS) is 12.1. The number of aromatic nitrogens is 2. The number of hydrogen-bond acceptors (Lipinski definition) is 4. The lowest BCUT2D eigenvalue weighted by molar-refractivity contribution is -0.124. The summed E-state index contributed by atoms with van der Waals surface area (Å²) in [5, 5.41) is 12.9. The van der Waals surface area contributed by atoms with Crippen molar-refractivity contribution in [3.8, 4) is 5.75 Å². The van der Waals surface area contributed by atoms with Gasteiger partial charge in [0.1, 0.15) is 11.3 Å². The number of H-pyrrole nitrogens is 1. The molecule has 1 heterocycles. The van der Waals surface area contributed by atoms with E-state index in [1.165, 1.54) is 7.11 Å². The molecular formula is C16H15N3O3. The molecule has 0 bridgehead atoms. The summed E-state index contributed by atoms with van der Waals surface area (Å²) in [6.45, 7) is 0. The number of hydrogen-bond donors (Lipinski definition) is 3. The molecule has 1 aromatic heterocycles. The molecular weight excluding hydrogens is 282 g/mol. The van der Waals surface area contributed by atoms with Crippen LogP contribution < -0.4 is 10.1 Å². The van der Waals surface area contributed by atoms with Crippen LogP contribution in [0.1, 0.15) is 11.7 Å². The molecule has 0 aliphatic rings. The Bertz CT molecular complexity index is 813. The Labute approximate surface area is 126 Å². The fourth-order valence-electron chi connectivity index (χ4n) is 2.23. The summed E-state index contributed by atoms with van der Waals surface area (Å²) >= 11 is 0. The van der Waals surface area contributed by atoms with Gasteiger partial charge in [-0.2, -0.15) is 0 Å². The predicted octanol–water partition coefficient (Wildman–Crippen LogP) is 2.24. The number of nitrogens with zero attached hydrogens (tertiary/aromatic N) is 1. The summed E-state index contributed by atoms with van der Waals surface area (Å²) in [7, 11) is 1.53. The number of imidazole rings is 1. The first-order chi connectivity index (χ1) is 10.7. The first-order valence-corrected chi connectivity index (χ1v) is 6.74. The Morgan fingerprint density at radius 3 is 2.95 bits per heavy atom. The third kappa shape index (κ3) is 2.64. The molecule has 2 aromatic carbocycles. The van der Waals surface area contributed by atoms with E-state index in [2.05, 4.69) is 15.3 Å². The molecule has 0 spiro atoms. The molecule has 1 atom stereocenters. The van der Waals surface area contributed by atoms with Crippen molar-refractivity contribution in [3.63, 3.8) is 0 Å². The van der Waals surface area contributed by atoms with Crippen LogP contribution in [-0.4, -0.2) is 28.1 Å². The Morgan fingerprint density at radius 2 is 2.14 bits per heavy atom. The van der Waals surface area contributed by atoms with Gasteiger partial charge < -0.3 is 20.1 Å². The van der Waals surface area contributed by atoms with E-state index in [0.29, 0.717) is 22.5 Å². The number of benzene rings is 2. The number of ether oxygens (including phenoxy) is 1. The Kier molecular flexibility index (Phi) is 3.76. The number of carbonyl (C=O) groups excluding carboxylic acids is 1. The van der Waals surface area contributed by atoms with E-state index in [1.807, 2.05) is 6.07 Å². The van der Waals surface area contributed by atoms with E-state index in [0.717, 1.165) is 5.52 Å². The highest BCUT2D eigenvalue weighted by molar-refractivity contribution is 6.01. The molecule has 6 heteroatoms. The van der Waals surface area contributed by atoms with Crippen molar-refractivity contribution in [1.29, 1.82) is 0 Å². The van der Waals surface area contributed by atoms with Gasteiger partial charge in [-0.1, -0.05) is 18.2 Å². The highest BCUT2D eigenvalue weighted by Crippen LogP contribution is 2.23. The van der Waals surface area contributed by atoms with Crippen molar-refractivity contribution in [2.75, 3.05) is 12.4 Å². The van der Waals surface area contributed by atoms with Crippen LogP contribution in [0, 0.1) is 0 Å². The van der Waals surface area contributed by atoms with Gasteiger partial charge in [0.2, 0.25) is 0 Å². The second kappa shape index (κ2) is 5.87. The second-order valence-electron chi connectivity index (χ2n) is 4.77. The van der Waals surface area contributed by atoms with Gasteiger partial charge in [0.05, 0.1) is 24.6 Å². The first-order valence-electron chi connectivity index (χ1n) is 6.74. The molecule has 3 N–H and O–H groups in total. The molecule has 112 valence electrons. The van der Waals surface area contributed by atoms with Gasteiger partial charge in [-0.05, 0) is 29.8 Å². The van der Waals surface area contributed by atoms with Crippen molar-refractivity contribution < 1.29 is 14.6 Å². The average molecular weight is 297 g/mol. The molecule has 0 saturated heterocycles. The van der Waals surface area contributed by atoms with Crippen LogP contribution in [0.5, 0.6) is 5.75 Å². The second-order valence-corrected chi connectivity index (χ2v) is 4.77. The maximum Gasteiger partial charge on any atom is 0.257 e. The molecule has 0 aliphatic heterocycles. The number of rotatable bonds is 4. The maximum atomic E-state index is 12.2. The number of aliphatic hydroxyl groups is 1. The quantitative estimate of drug-likeness (QED) is 0.689. The zero-order chi connectivity index (χ0) is 15.5. The van der Waals surface area contributed by atoms with Crippen LogP contribution in [0.2, 0.25) is 0 Å². The van der Waals surface area contributed by atoms with Crippen LogP contribution in [0.25, 0.3) is 11.0 Å². The van der Waals surface area contributed by atoms with Crippen LogP contribution in [0.4, 0.5) is 5.69 Å². The SMILES string of the molecule is COc1cccc(C(O)C(=O)Nc2cccc3[nH]cnc23)c1. The van der Waals surface area contributed by atoms with Crippen molar-refractivity contribution in [2.24, 2.45) is 0 Å². The number of fused-ring (bicyclic) bond motifs is 1. The lowest BCUT2D eigenvalue weighted by Crippen LogP contribution is -2.21. The smallest absolute Gasteiger partial charge is 0.257 e. The van der Waals surface area contributed by atoms with E-state index >= 15 is 0 Å². The zero-order valence-electron chi connectivity index (χ0n) is 11.9. The molecule has 3 aromatic rings. The molecule has 1 amide bonds. The van der Waals surface area contributed by atoms with Gasteiger partial charge in [-0.25, -0.2) is 4.98 Å². The predicted molar refractivity (Wildman–Crippen MR) is 82.7 cm³/mol. The largest absolute Gasteiger partial charge is 0.497 e. The average Bonchev–Trinajstić information content (AvgIpc) is 3.04. The van der Waals surface area contributed by atoms with Crippen molar-refractivity contribution in [3.05, 3.63) is 54.4 Å². The summed E-state index contributed by atoms with van der Waals surface area (Å²) in [6.07, 6.45) is 0.267. The molecule has 0 aliphatic carbocycles. The molecule has 0 radical (unpaired) electrons. The van der Waals surface area contributed by atoms with Gasteiger partial charge in [0.25, 0.3) is 5.91 Å². The number of anilines is 1. The molecule has 22 heavy (non-hydrogen) atoms. The highest BCUT2D eigenvalue weighted by Gasteiger charge is 2.19. The van der Waals surface area contributed by atoms with Crippen LogP contribution in [0.3, 0.4) is 0 Å². The van der Waals surface area contributed by atoms with Crippen LogP contribution in [-0.2, 0) is 4.79 Å². The summed E-state index contributed by atoms with van der Waals surface area (Å²) < 4.78 is 5.09. The summed E-state index contributed by atoms with van der Waals surface area (Å²) in [5.41, 5.74) is 2.47. The summed E-state index contributed by atoms with van der Waals surface area (Å²) in [4.78, 5) is 19.4. The van der Waals surface area contributed by atoms with Gasteiger partial charge in [0, 0.05) is 0 Å². The third-order valence-electron chi connectivity index (χ3n) is 3.37. The lowest BCUT2D eigenvalue weighted by Gasteiger charge is -2.13. The van der Waals surface area contributed by atoms with Gasteiger partial charge in [0.15, 0.2) is 6.10 Å². The molecule has 1 unspecified atom stereocenters. The first kappa shape index (κ1) is 14.1. The van der Waals surface area contributed by atoms with E-state index < -0.39 is 12.0 Å². The van der Waals surface area contributed by atoms with Crippen molar-refractivity contribution in [1.82, 2.24) is 9.97 Å². The number of carbonyl (C=O) groups is 1. The number of aromatic amines is 1. The van der Waals surface area contributed by atoms with Crippen LogP contribution >= 0.6 is 0 Å². The number of aliphatic hydroxyl groups excluding tert-OH is 1. The third-order valence-corrected chi connectivity index (χ3v) is 3.37. The number of methoxy groups -OCH3 is 1. The van der Waals surface area contributed by atoms with E-state index in [-0.39, 0.29) is 0 Å². The summed E-state index contributed by atoms with van der Waals surface area (Å²) in [6, 6.07) is 12.2. The van der Waals surface area contributed by atoms with E-state index in [1.54, 1.807) is 42.7 Å². The topological polar surface area (TPSA) is 87.2 Å². The Hall–Kier alpha value is -2.86. The van der Waals surface area contributed by atoms with Crippen molar-refractivity contribution in [2.45, 2.75) is 6.10 Å². The molecule has 6 nitrogen and oxygen atoms in total. The highest BCUT2D eigenvalue weighted by atomic mass is 16.5. The number of para-hydroxylation sites is 1. The standard InChI is InChI=1S/C16H15N3O3/c1-22-11-5-2-4-10(8-11)15(20)16(21)19-13-7-3-6-12-14(13)18-9-17-12/h2-9,15,20H,1H3,(H,17,18)(H,19,21). The fraction of sp³-hybridized carbons (Fsp3) is 0.125. The molecule has 3 rings (SSSR count). The Morgan fingerprint density at radius 1 is 1.32 bits per heavy atom. The monoisotopic (exact) mass is 297 g/mol. The van der Waals surface area contributed by atoms with E-state index in [9.17, 15) is 9.90 Å². The lowest BCUT2D eigenvalue weighted by atomic mass is 10.1. The number of nitrogens with one attached hydrogen (secondary N) is 2. The summed E-state index contributed by atoms with van der Waals surface area (Å²) in [5.74, 6) is 0.0579. The number of amides is 1. The van der Waals surface area contributed by atoms with Crippen molar-refractivity contribution >= 4 is 22.6 Å². The minimum absolute atomic E-state index is 0.464. The van der Waals surface area contributed by atoms with Crippen LogP contribution in [0.15, 0.2) is 48.8 Å². The molecule has 0 saturated carbocycles. The van der Waals surface area contributed by atoms with E-state index in [4.69, 9.17) is 4.74 Å². The molecule has 0 fully saturated rings.